The predicted molar refractivity (Wildman–Crippen MR) is 65.5 cm³/mol. The Morgan fingerprint density at radius 3 is 2.39 bits per heavy atom. The summed E-state index contributed by atoms with van der Waals surface area (Å²) >= 11 is 0. The Morgan fingerprint density at radius 2 is 1.89 bits per heavy atom. The van der Waals surface area contributed by atoms with Crippen LogP contribution in [-0.2, 0) is 0 Å². The third-order valence-corrected chi connectivity index (χ3v) is 2.35. The first kappa shape index (κ1) is 12.0. The normalized spacial score (nSPS) is 10.1. The molecule has 0 saturated carbocycles. The van der Waals surface area contributed by atoms with Crippen molar-refractivity contribution in [1.82, 2.24) is 15.2 Å². The number of hydrogen-bond acceptors (Lipinski definition) is 4. The second-order valence-electron chi connectivity index (χ2n) is 3.83. The molecule has 6 nitrogen and oxygen atoms in total. The minimum atomic E-state index is -0.394. The van der Waals surface area contributed by atoms with Crippen molar-refractivity contribution in [3.05, 3.63) is 41.5 Å². The molecule has 1 heterocycles. The number of aromatic amines is 1. The number of aryl methyl sites for hydroxylation is 1. The molecule has 0 aliphatic carbocycles. The van der Waals surface area contributed by atoms with E-state index in [9.17, 15) is 9.59 Å². The second kappa shape index (κ2) is 4.79. The lowest BCUT2D eigenvalue weighted by molar-refractivity contribution is 0.101. The number of anilines is 1. The van der Waals surface area contributed by atoms with Crippen molar-refractivity contribution in [2.24, 2.45) is 0 Å². The molecule has 2 rings (SSSR count). The zero-order valence-electron chi connectivity index (χ0n) is 10.0. The number of rotatable bonds is 3. The number of benzene rings is 1. The van der Waals surface area contributed by atoms with Crippen molar-refractivity contribution in [1.29, 1.82) is 0 Å². The van der Waals surface area contributed by atoms with E-state index in [0.29, 0.717) is 17.1 Å². The zero-order chi connectivity index (χ0) is 13.1. The average molecular weight is 244 g/mol. The first-order valence-corrected chi connectivity index (χ1v) is 5.37. The predicted octanol–water partition coefficient (Wildman–Crippen LogP) is 1.57. The highest BCUT2D eigenvalue weighted by Crippen LogP contribution is 2.10. The molecule has 0 aliphatic rings. The van der Waals surface area contributed by atoms with E-state index in [1.165, 1.54) is 6.92 Å². The van der Waals surface area contributed by atoms with Crippen LogP contribution in [0.25, 0.3) is 0 Å². The van der Waals surface area contributed by atoms with Crippen LogP contribution in [-0.4, -0.2) is 26.9 Å². The van der Waals surface area contributed by atoms with Gasteiger partial charge >= 0.3 is 0 Å². The Hall–Kier alpha value is -2.50. The summed E-state index contributed by atoms with van der Waals surface area (Å²) in [4.78, 5) is 26.7. The van der Waals surface area contributed by atoms with Gasteiger partial charge in [-0.1, -0.05) is 0 Å². The highest BCUT2D eigenvalue weighted by Gasteiger charge is 2.11. The first-order valence-electron chi connectivity index (χ1n) is 5.37. The largest absolute Gasteiger partial charge is 0.319 e. The van der Waals surface area contributed by atoms with Crippen molar-refractivity contribution in [3.63, 3.8) is 0 Å². The van der Waals surface area contributed by atoms with Crippen molar-refractivity contribution >= 4 is 17.4 Å². The smallest absolute Gasteiger partial charge is 0.295 e. The van der Waals surface area contributed by atoms with E-state index in [0.717, 1.165) is 0 Å². The van der Waals surface area contributed by atoms with Gasteiger partial charge in [0.05, 0.1) is 0 Å². The van der Waals surface area contributed by atoms with Crippen LogP contribution in [0.5, 0.6) is 0 Å². The monoisotopic (exact) mass is 244 g/mol. The summed E-state index contributed by atoms with van der Waals surface area (Å²) in [5.74, 6) is 0.252. The number of amides is 1. The molecule has 18 heavy (non-hydrogen) atoms. The molecule has 0 atom stereocenters. The SMILES string of the molecule is CC(=O)c1ccc(NC(=O)c2n[nH]c(C)n2)cc1. The molecule has 92 valence electrons. The quantitative estimate of drug-likeness (QED) is 0.802. The molecule has 1 amide bonds. The Bertz CT molecular complexity index is 586. The summed E-state index contributed by atoms with van der Waals surface area (Å²) in [7, 11) is 0. The fraction of sp³-hybridized carbons (Fsp3) is 0.167. The van der Waals surface area contributed by atoms with Crippen LogP contribution < -0.4 is 5.32 Å². The Morgan fingerprint density at radius 1 is 1.22 bits per heavy atom. The van der Waals surface area contributed by atoms with Gasteiger partial charge in [-0.05, 0) is 38.1 Å². The number of carbonyl (C=O) groups is 2. The molecule has 2 aromatic rings. The van der Waals surface area contributed by atoms with Gasteiger partial charge in [-0.15, -0.1) is 5.10 Å². The lowest BCUT2D eigenvalue weighted by Crippen LogP contribution is -2.13. The van der Waals surface area contributed by atoms with Crippen molar-refractivity contribution in [3.8, 4) is 0 Å². The lowest BCUT2D eigenvalue weighted by Gasteiger charge is -2.02. The molecular formula is C12H12N4O2. The Labute approximate surface area is 103 Å². The zero-order valence-corrected chi connectivity index (χ0v) is 10.0. The van der Waals surface area contributed by atoms with Gasteiger partial charge in [0.1, 0.15) is 5.82 Å². The van der Waals surface area contributed by atoms with Gasteiger partial charge in [0.15, 0.2) is 5.78 Å². The maximum atomic E-state index is 11.7. The van der Waals surface area contributed by atoms with Crippen molar-refractivity contribution < 1.29 is 9.59 Å². The van der Waals surface area contributed by atoms with E-state index < -0.39 is 5.91 Å². The number of nitrogens with one attached hydrogen (secondary N) is 2. The van der Waals surface area contributed by atoms with Gasteiger partial charge in [0, 0.05) is 11.3 Å². The number of Topliss-reactive ketones (excluding diaryl/α,β-unsaturated/α-hetero) is 1. The summed E-state index contributed by atoms with van der Waals surface area (Å²) in [6, 6.07) is 6.63. The van der Waals surface area contributed by atoms with Gasteiger partial charge in [-0.3, -0.25) is 14.7 Å². The van der Waals surface area contributed by atoms with Crippen LogP contribution in [0.2, 0.25) is 0 Å². The van der Waals surface area contributed by atoms with Crippen LogP contribution in [0.3, 0.4) is 0 Å². The second-order valence-corrected chi connectivity index (χ2v) is 3.83. The van der Waals surface area contributed by atoms with E-state index in [2.05, 4.69) is 20.5 Å². The molecule has 2 N–H and O–H groups in total. The van der Waals surface area contributed by atoms with E-state index in [1.807, 2.05) is 0 Å². The van der Waals surface area contributed by atoms with E-state index in [1.54, 1.807) is 31.2 Å². The maximum absolute atomic E-state index is 11.7. The molecule has 0 aliphatic heterocycles. The van der Waals surface area contributed by atoms with Crippen LogP contribution in [0.4, 0.5) is 5.69 Å². The van der Waals surface area contributed by atoms with E-state index >= 15 is 0 Å². The molecule has 0 spiro atoms. The van der Waals surface area contributed by atoms with Crippen LogP contribution in [0.1, 0.15) is 33.7 Å². The molecule has 0 unspecified atom stereocenters. The number of carbonyl (C=O) groups excluding carboxylic acids is 2. The third-order valence-electron chi connectivity index (χ3n) is 2.35. The van der Waals surface area contributed by atoms with Gasteiger partial charge in [-0.2, -0.15) is 0 Å². The molecule has 0 radical (unpaired) electrons. The molecule has 0 fully saturated rings. The highest BCUT2D eigenvalue weighted by atomic mass is 16.2. The first-order chi connectivity index (χ1) is 8.56. The fourth-order valence-electron chi connectivity index (χ4n) is 1.42. The van der Waals surface area contributed by atoms with Gasteiger partial charge in [-0.25, -0.2) is 4.98 Å². The minimum Gasteiger partial charge on any atom is -0.319 e. The van der Waals surface area contributed by atoms with Gasteiger partial charge in [0.25, 0.3) is 5.91 Å². The Kier molecular flexibility index (Phi) is 3.18. The average Bonchev–Trinajstić information content (AvgIpc) is 2.76. The molecule has 1 aromatic heterocycles. The Balaban J connectivity index is 2.10. The van der Waals surface area contributed by atoms with Gasteiger partial charge < -0.3 is 5.32 Å². The summed E-state index contributed by atoms with van der Waals surface area (Å²) in [6.07, 6.45) is 0. The number of ketones is 1. The fourth-order valence-corrected chi connectivity index (χ4v) is 1.42. The van der Waals surface area contributed by atoms with Crippen molar-refractivity contribution in [2.75, 3.05) is 5.32 Å². The number of hydrogen-bond donors (Lipinski definition) is 2. The standard InChI is InChI=1S/C12H12N4O2/c1-7(17)9-3-5-10(6-4-9)14-12(18)11-13-8(2)15-16-11/h3-6H,1-2H3,(H,14,18)(H,13,15,16). The number of aromatic nitrogens is 3. The molecule has 6 heteroatoms. The topological polar surface area (TPSA) is 87.7 Å². The molecular weight excluding hydrogens is 232 g/mol. The van der Waals surface area contributed by atoms with E-state index in [4.69, 9.17) is 0 Å². The summed E-state index contributed by atoms with van der Waals surface area (Å²) in [5, 5.41) is 8.99. The third kappa shape index (κ3) is 2.60. The molecule has 0 bridgehead atoms. The van der Waals surface area contributed by atoms with Crippen LogP contribution in [0, 0.1) is 6.92 Å². The number of nitrogens with zero attached hydrogens (tertiary/aromatic N) is 2. The lowest BCUT2D eigenvalue weighted by atomic mass is 10.1. The minimum absolute atomic E-state index is 0.0162. The molecule has 0 saturated heterocycles. The van der Waals surface area contributed by atoms with Crippen LogP contribution in [0.15, 0.2) is 24.3 Å². The summed E-state index contributed by atoms with van der Waals surface area (Å²) in [6.45, 7) is 3.20. The summed E-state index contributed by atoms with van der Waals surface area (Å²) in [5.41, 5.74) is 1.19. The van der Waals surface area contributed by atoms with Crippen molar-refractivity contribution in [2.45, 2.75) is 13.8 Å². The van der Waals surface area contributed by atoms with Gasteiger partial charge in [0.2, 0.25) is 5.82 Å². The van der Waals surface area contributed by atoms with Crippen LogP contribution >= 0.6 is 0 Å². The molecule has 1 aromatic carbocycles. The van der Waals surface area contributed by atoms with E-state index in [-0.39, 0.29) is 11.6 Å². The highest BCUT2D eigenvalue weighted by molar-refractivity contribution is 6.02. The summed E-state index contributed by atoms with van der Waals surface area (Å²) < 4.78 is 0. The number of H-pyrrole nitrogens is 1. The maximum Gasteiger partial charge on any atom is 0.295 e.